The summed E-state index contributed by atoms with van der Waals surface area (Å²) in [5.74, 6) is -9.82. The number of ether oxygens (including phenoxy) is 9. The predicted molar refractivity (Wildman–Crippen MR) is 441 cm³/mol. The number of fused-ring (bicyclic) bond motifs is 5. The van der Waals surface area contributed by atoms with Gasteiger partial charge in [-0.25, -0.2) is 24.1 Å². The van der Waals surface area contributed by atoms with Gasteiger partial charge in [0.05, 0.1) is 81.7 Å². The molecule has 2 saturated heterocycles. The van der Waals surface area contributed by atoms with Crippen LogP contribution in [0.25, 0.3) is 33.4 Å². The average Bonchev–Trinajstić information content (AvgIpc) is 1.76. The minimum atomic E-state index is -2.47. The summed E-state index contributed by atoms with van der Waals surface area (Å²) in [4.78, 5) is 124. The van der Waals surface area contributed by atoms with Crippen LogP contribution in [0.15, 0.2) is 82.7 Å². The molecule has 0 spiro atoms. The van der Waals surface area contributed by atoms with Crippen LogP contribution in [0.5, 0.6) is 0 Å². The summed E-state index contributed by atoms with van der Waals surface area (Å²) >= 11 is 0. The molecule has 33 nitrogen and oxygen atoms in total. The molecule has 1 aromatic carbocycles. The first-order valence-electron chi connectivity index (χ1n) is 42.1. The molecule has 2 bridgehead atoms. The number of nitrogens with zero attached hydrogens (tertiary/aromatic N) is 9. The van der Waals surface area contributed by atoms with Gasteiger partial charge in [0.15, 0.2) is 17.0 Å². The van der Waals surface area contributed by atoms with E-state index < -0.39 is 89.5 Å². The first kappa shape index (κ1) is 94.0. The molecule has 1 aliphatic carbocycles. The number of oxazole rings is 1. The molecule has 5 aromatic rings. The number of unbranched alkanes of at least 4 members (excludes halogenated alkanes) is 2. The number of ketones is 4. The summed E-state index contributed by atoms with van der Waals surface area (Å²) < 4.78 is 62.6. The van der Waals surface area contributed by atoms with Crippen LogP contribution in [0.3, 0.4) is 0 Å². The smallest absolute Gasteiger partial charge is 0.329 e. The third-order valence-electron chi connectivity index (χ3n) is 23.1. The summed E-state index contributed by atoms with van der Waals surface area (Å²) in [5, 5.41) is 43.1. The van der Waals surface area contributed by atoms with E-state index in [2.05, 4.69) is 35.9 Å². The number of hydrogen-bond donors (Lipinski definition) is 6. The van der Waals surface area contributed by atoms with Gasteiger partial charge in [0, 0.05) is 109 Å². The predicted octanol–water partition coefficient (Wildman–Crippen LogP) is 8.04. The average molecular weight is 1660 g/mol. The van der Waals surface area contributed by atoms with Crippen molar-refractivity contribution < 1.29 is 95.6 Å². The zero-order chi connectivity index (χ0) is 85.7. The molecular weight excluding hydrogens is 1540 g/mol. The highest BCUT2D eigenvalue weighted by Gasteiger charge is 2.53. The lowest BCUT2D eigenvalue weighted by Gasteiger charge is -2.42. The van der Waals surface area contributed by atoms with Crippen LogP contribution in [0.4, 0.5) is 11.8 Å². The van der Waals surface area contributed by atoms with E-state index in [0.29, 0.717) is 163 Å². The topological polar surface area (TPSA) is 440 Å². The lowest BCUT2D eigenvalue weighted by atomic mass is 9.78. The Bertz CT molecular complexity index is 4310. The third-order valence-corrected chi connectivity index (χ3v) is 23.1. The van der Waals surface area contributed by atoms with Crippen molar-refractivity contribution in [3.8, 4) is 11.3 Å². The van der Waals surface area contributed by atoms with E-state index in [9.17, 15) is 48.6 Å². The zero-order valence-corrected chi connectivity index (χ0v) is 70.8. The number of aliphatic hydroxyl groups is 2. The van der Waals surface area contributed by atoms with Gasteiger partial charge in [-0.05, 0) is 157 Å². The Labute approximate surface area is 696 Å². The summed E-state index contributed by atoms with van der Waals surface area (Å²) in [6.45, 7) is 16.7. The number of hydrogen-bond acceptors (Lipinski definition) is 28. The number of allylic oxidation sites excluding steroid dienone is 6. The maximum absolute atomic E-state index is 14.8. The van der Waals surface area contributed by atoms with E-state index in [4.69, 9.17) is 63.6 Å². The van der Waals surface area contributed by atoms with E-state index in [0.717, 1.165) is 36.1 Å². The normalized spacial score (nSPS) is 27.4. The summed E-state index contributed by atoms with van der Waals surface area (Å²) in [6.07, 6.45) is 18.0. The number of amides is 3. The van der Waals surface area contributed by atoms with Gasteiger partial charge in [0.1, 0.15) is 53.5 Å². The van der Waals surface area contributed by atoms with Gasteiger partial charge in [-0.3, -0.25) is 33.6 Å². The van der Waals surface area contributed by atoms with Gasteiger partial charge < -0.3 is 84.3 Å². The molecule has 0 radical (unpaired) electrons. The number of cyclic esters (lactones) is 1. The van der Waals surface area contributed by atoms with Crippen LogP contribution < -0.4 is 22.1 Å². The maximum Gasteiger partial charge on any atom is 0.329 e. The zero-order valence-electron chi connectivity index (χ0n) is 70.8. The van der Waals surface area contributed by atoms with Crippen LogP contribution in [-0.2, 0) is 100 Å². The van der Waals surface area contributed by atoms with Crippen LogP contribution >= 0.6 is 0 Å². The van der Waals surface area contributed by atoms with Crippen molar-refractivity contribution in [3.05, 3.63) is 84.0 Å². The number of anilines is 2. The van der Waals surface area contributed by atoms with Crippen LogP contribution in [0.1, 0.15) is 170 Å². The fraction of sp³-hybridized carbons (Fsp3) is 0.651. The molecule has 654 valence electrons. The highest BCUT2D eigenvalue weighted by atomic mass is 16.6. The molecule has 4 aliphatic rings. The van der Waals surface area contributed by atoms with Gasteiger partial charge in [-0.2, -0.15) is 10.1 Å². The van der Waals surface area contributed by atoms with E-state index in [1.165, 1.54) is 18.3 Å². The van der Waals surface area contributed by atoms with Crippen LogP contribution in [0, 0.1) is 35.5 Å². The van der Waals surface area contributed by atoms with Gasteiger partial charge >= 0.3 is 5.97 Å². The Morgan fingerprint density at radius 2 is 1.55 bits per heavy atom. The number of nitrogen functional groups attached to an aromatic ring is 2. The number of esters is 1. The second-order valence-corrected chi connectivity index (χ2v) is 32.2. The number of piperidine rings is 1. The second-order valence-electron chi connectivity index (χ2n) is 32.2. The number of rotatable bonds is 34. The molecule has 1 saturated carbocycles. The summed E-state index contributed by atoms with van der Waals surface area (Å²) in [5.41, 5.74) is 17.0. The number of Topliss-reactive ketones (excluding diaryl/α,β-unsaturated/α-hetero) is 4. The number of carbonyl (C=O) groups excluding carboxylic acids is 8. The van der Waals surface area contributed by atoms with Crippen molar-refractivity contribution in [2.24, 2.45) is 35.5 Å². The van der Waals surface area contributed by atoms with Crippen LogP contribution in [-0.4, -0.2) is 243 Å². The molecular formula is C86H125N13O20. The van der Waals surface area contributed by atoms with E-state index in [1.54, 1.807) is 62.6 Å². The number of aryl methyl sites for hydroxylation is 2. The van der Waals surface area contributed by atoms with Crippen molar-refractivity contribution in [1.29, 1.82) is 0 Å². The molecule has 119 heavy (non-hydrogen) atoms. The van der Waals surface area contributed by atoms with E-state index in [-0.39, 0.29) is 111 Å². The van der Waals surface area contributed by atoms with E-state index >= 15 is 0 Å². The maximum atomic E-state index is 14.8. The number of nitrogens with one attached hydrogen (secondary N) is 2. The van der Waals surface area contributed by atoms with Gasteiger partial charge in [0.2, 0.25) is 17.5 Å². The number of nitrogens with two attached hydrogens (primary N) is 2. The molecule has 1 unspecified atom stereocenters. The minimum absolute atomic E-state index is 0.00994. The van der Waals surface area contributed by atoms with Crippen molar-refractivity contribution in [1.82, 2.24) is 55.3 Å². The highest BCUT2D eigenvalue weighted by Crippen LogP contribution is 2.39. The Balaban J connectivity index is 0.652. The quantitative estimate of drug-likeness (QED) is 0.00981. The standard InChI is InChI=1S/C86H125N13O20/c1-53-20-12-11-13-21-54(2)70(110-8)49-63-27-24-59(7)86(109,119-63)79(105)83(107)98-34-17-14-23-65(98)84(108)117-71(50-67(101)55(3)45-58(6)77(104)78(112-10)76(103)57(5)44-53)56(4)46-60-25-29-69(72(47-60)111-9)116-37-19-15-22-62-51-97(96-94-62)36-39-114-41-43-115-42-40-113-38-33-89-73(102)31-28-66(100)82(106)90-32-16-18-35-99-81-74(80(87)91-52-92-81)75(95-99)61-26-30-68-64(48-61)93-85(88)118-68/h11-13,20-21,26,30,45,48,51-53,55-57,59-60,63,65,69-72,77-78,104,109H,14-19,22-25,27-29,31-44,46-47,49-50H2,1-10H3,(H2,88,93)(H,89,102)(H,90,106)(H2,87,91,92)/b13-11+,20-12+,54-21+,58-45+/t53-,55-,56-,57-,59-,60+,63+,65+,69-,70+,71?,72-,77-,78+,86-/m1/s1. The molecule has 7 heterocycles. The fourth-order valence-electron chi connectivity index (χ4n) is 16.1. The number of methoxy groups -OCH3 is 3. The lowest BCUT2D eigenvalue weighted by molar-refractivity contribution is -0.265. The Hall–Kier alpha value is -8.90. The van der Waals surface area contributed by atoms with Crippen molar-refractivity contribution >= 4 is 80.8 Å². The number of aromatic nitrogens is 8. The Morgan fingerprint density at radius 3 is 2.32 bits per heavy atom. The van der Waals surface area contributed by atoms with Gasteiger partial charge in [-0.1, -0.05) is 76.3 Å². The van der Waals surface area contributed by atoms with Crippen LogP contribution in [0.2, 0.25) is 0 Å². The molecule has 4 aromatic heterocycles. The fourth-order valence-corrected chi connectivity index (χ4v) is 16.1. The summed E-state index contributed by atoms with van der Waals surface area (Å²) in [7, 11) is 4.62. The first-order chi connectivity index (χ1) is 57.2. The third kappa shape index (κ3) is 27.0. The number of carbonyl (C=O) groups is 8. The molecule has 3 fully saturated rings. The molecule has 3 amide bonds. The van der Waals surface area contributed by atoms with E-state index in [1.807, 2.05) is 70.3 Å². The summed E-state index contributed by atoms with van der Waals surface area (Å²) in [6, 6.07) is 4.25. The second kappa shape index (κ2) is 46.8. The number of benzene rings is 1. The minimum Gasteiger partial charge on any atom is -0.460 e. The Morgan fingerprint density at radius 1 is 0.782 bits per heavy atom. The van der Waals surface area contributed by atoms with Gasteiger partial charge in [0.25, 0.3) is 23.6 Å². The largest absolute Gasteiger partial charge is 0.460 e. The molecule has 9 rings (SSSR count). The first-order valence-corrected chi connectivity index (χ1v) is 42.1. The van der Waals surface area contributed by atoms with Crippen molar-refractivity contribution in [2.75, 3.05) is 98.7 Å². The number of aliphatic hydroxyl groups excluding tert-OH is 1. The van der Waals surface area contributed by atoms with Crippen molar-refractivity contribution in [3.63, 3.8) is 0 Å². The van der Waals surface area contributed by atoms with Crippen molar-refractivity contribution in [2.45, 2.75) is 238 Å². The molecule has 8 N–H and O–H groups in total. The monoisotopic (exact) mass is 1660 g/mol. The molecule has 3 aliphatic heterocycles. The molecule has 15 atom stereocenters. The van der Waals surface area contributed by atoms with Gasteiger partial charge in [-0.15, -0.1) is 5.10 Å². The lowest BCUT2D eigenvalue weighted by Crippen LogP contribution is -2.61. The Kier molecular flexibility index (Phi) is 36.9. The highest BCUT2D eigenvalue weighted by molar-refractivity contribution is 6.39. The SMILES string of the molecule is CO[C@H]1C[C@@H]2CC[C@@H](C)[C@@](O)(O2)C(=O)C(=O)N2CCCC[C@H]2C(=O)OC([C@H](C)C[C@@H]2CC[C@@H](OCCCCc3cn(CCOCCOCCOCCNC(=O)CCC(=O)C(=O)NCCCCn4nc(-c5ccc6oc(N)nc6c5)c5c(N)ncnc54)nn3)[C@H](OC)C2)CC(=O)[C@H](C)/C=C(\C)[C@@H](O)[C@@H](OC)C(=O)[C@H](C)C[C@H](C)/C=C/C=C/C=C/1C. The molecule has 33 heteroatoms.